The molecule has 4 nitrogen and oxygen atoms in total. The Morgan fingerprint density at radius 2 is 2.00 bits per heavy atom. The minimum Gasteiger partial charge on any atom is -0.478 e. The molecule has 4 N–H and O–H groups in total. The standard InChI is InChI=1S/C9H11NO3.ClH/c10-8(5-11)6-3-1-2-4-7(6)9(12)13;/h1-4,8,11H,5,10H2,(H,12,13);1H/t8-;/m0./s1. The number of rotatable bonds is 3. The Labute approximate surface area is 87.8 Å². The third-order valence-corrected chi connectivity index (χ3v) is 1.79. The molecule has 1 aromatic rings. The molecule has 1 rings (SSSR count). The van der Waals surface area contributed by atoms with Crippen molar-refractivity contribution in [2.75, 3.05) is 6.61 Å². The van der Waals surface area contributed by atoms with E-state index in [9.17, 15) is 4.79 Å². The van der Waals surface area contributed by atoms with Crippen LogP contribution in [0.25, 0.3) is 0 Å². The van der Waals surface area contributed by atoms with Crippen LogP contribution in [0.1, 0.15) is 22.0 Å². The lowest BCUT2D eigenvalue weighted by atomic mass is 10.0. The highest BCUT2D eigenvalue weighted by Crippen LogP contribution is 2.15. The summed E-state index contributed by atoms with van der Waals surface area (Å²) >= 11 is 0. The quantitative estimate of drug-likeness (QED) is 0.699. The summed E-state index contributed by atoms with van der Waals surface area (Å²) in [5, 5.41) is 17.5. The number of benzene rings is 1. The second kappa shape index (κ2) is 5.59. The number of halogens is 1. The Kier molecular flexibility index (Phi) is 5.15. The molecular weight excluding hydrogens is 206 g/mol. The summed E-state index contributed by atoms with van der Waals surface area (Å²) < 4.78 is 0. The zero-order valence-corrected chi connectivity index (χ0v) is 8.20. The first-order chi connectivity index (χ1) is 6.16. The van der Waals surface area contributed by atoms with Crippen LogP contribution in [-0.2, 0) is 0 Å². The number of carboxylic acids is 1. The van der Waals surface area contributed by atoms with Crippen LogP contribution in [0, 0.1) is 0 Å². The highest BCUT2D eigenvalue weighted by atomic mass is 35.5. The van der Waals surface area contributed by atoms with Gasteiger partial charge in [-0.2, -0.15) is 0 Å². The Bertz CT molecular complexity index is 317. The molecule has 0 unspecified atom stereocenters. The minimum atomic E-state index is -1.03. The Morgan fingerprint density at radius 3 is 2.50 bits per heavy atom. The summed E-state index contributed by atoms with van der Waals surface area (Å²) in [4.78, 5) is 10.7. The number of hydrogen-bond donors (Lipinski definition) is 3. The van der Waals surface area contributed by atoms with Gasteiger partial charge in [0, 0.05) is 0 Å². The molecule has 0 aliphatic rings. The zero-order chi connectivity index (χ0) is 9.84. The molecule has 0 aliphatic carbocycles. The van der Waals surface area contributed by atoms with E-state index in [1.54, 1.807) is 18.2 Å². The van der Waals surface area contributed by atoms with Crippen molar-refractivity contribution in [1.82, 2.24) is 0 Å². The number of hydrogen-bond acceptors (Lipinski definition) is 3. The molecule has 14 heavy (non-hydrogen) atoms. The van der Waals surface area contributed by atoms with Gasteiger partial charge < -0.3 is 15.9 Å². The first-order valence-electron chi connectivity index (χ1n) is 3.85. The molecule has 0 aliphatic heterocycles. The number of aromatic carboxylic acids is 1. The topological polar surface area (TPSA) is 83.5 Å². The predicted octanol–water partition coefficient (Wildman–Crippen LogP) is 0.799. The third kappa shape index (κ3) is 2.70. The lowest BCUT2D eigenvalue weighted by Gasteiger charge is -2.10. The lowest BCUT2D eigenvalue weighted by molar-refractivity contribution is 0.0694. The number of aliphatic hydroxyl groups excluding tert-OH is 1. The Morgan fingerprint density at radius 1 is 1.43 bits per heavy atom. The van der Waals surface area contributed by atoms with Crippen LogP contribution in [0.15, 0.2) is 24.3 Å². The van der Waals surface area contributed by atoms with E-state index in [4.69, 9.17) is 15.9 Å². The molecule has 78 valence electrons. The molecule has 0 radical (unpaired) electrons. The SMILES string of the molecule is Cl.N[C@@H](CO)c1ccccc1C(=O)O. The summed E-state index contributed by atoms with van der Waals surface area (Å²) in [6.45, 7) is -0.260. The predicted molar refractivity (Wildman–Crippen MR) is 54.7 cm³/mol. The molecular formula is C9H12ClNO3. The maximum absolute atomic E-state index is 10.7. The normalized spacial score (nSPS) is 11.6. The molecule has 0 fully saturated rings. The number of carboxylic acid groups (broad SMARTS) is 1. The Balaban J connectivity index is 0.00000169. The summed E-state index contributed by atoms with van der Waals surface area (Å²) in [6.07, 6.45) is 0. The van der Waals surface area contributed by atoms with E-state index in [0.717, 1.165) is 0 Å². The van der Waals surface area contributed by atoms with Crippen molar-refractivity contribution in [3.63, 3.8) is 0 Å². The molecule has 0 saturated heterocycles. The second-order valence-corrected chi connectivity index (χ2v) is 2.68. The van der Waals surface area contributed by atoms with E-state index in [0.29, 0.717) is 5.56 Å². The van der Waals surface area contributed by atoms with E-state index in [2.05, 4.69) is 0 Å². The van der Waals surface area contributed by atoms with E-state index in [1.165, 1.54) is 6.07 Å². The molecule has 0 bridgehead atoms. The van der Waals surface area contributed by atoms with Gasteiger partial charge in [-0.25, -0.2) is 4.79 Å². The fourth-order valence-corrected chi connectivity index (χ4v) is 1.11. The highest BCUT2D eigenvalue weighted by Gasteiger charge is 2.13. The molecule has 1 aromatic carbocycles. The molecule has 1 atom stereocenters. The Hall–Kier alpha value is -1.10. The van der Waals surface area contributed by atoms with Crippen molar-refractivity contribution in [1.29, 1.82) is 0 Å². The van der Waals surface area contributed by atoms with Crippen LogP contribution >= 0.6 is 12.4 Å². The summed E-state index contributed by atoms with van der Waals surface area (Å²) in [6, 6.07) is 5.75. The van der Waals surface area contributed by atoms with Gasteiger partial charge in [0.15, 0.2) is 0 Å². The molecule has 0 aromatic heterocycles. The highest BCUT2D eigenvalue weighted by molar-refractivity contribution is 5.89. The van der Waals surface area contributed by atoms with Crippen LogP contribution in [-0.4, -0.2) is 22.8 Å². The van der Waals surface area contributed by atoms with Gasteiger partial charge in [-0.15, -0.1) is 12.4 Å². The average molecular weight is 218 g/mol. The van der Waals surface area contributed by atoms with Crippen LogP contribution < -0.4 is 5.73 Å². The van der Waals surface area contributed by atoms with Gasteiger partial charge in [-0.3, -0.25) is 0 Å². The van der Waals surface area contributed by atoms with Crippen molar-refractivity contribution >= 4 is 18.4 Å². The summed E-state index contributed by atoms with van der Waals surface area (Å²) in [5.74, 6) is -1.03. The maximum Gasteiger partial charge on any atom is 0.336 e. The molecule has 0 heterocycles. The number of nitrogens with two attached hydrogens (primary N) is 1. The van der Waals surface area contributed by atoms with E-state index in [-0.39, 0.29) is 24.6 Å². The van der Waals surface area contributed by atoms with Gasteiger partial charge >= 0.3 is 5.97 Å². The number of aliphatic hydroxyl groups is 1. The molecule has 0 spiro atoms. The van der Waals surface area contributed by atoms with Gasteiger partial charge in [-0.05, 0) is 11.6 Å². The van der Waals surface area contributed by atoms with Crippen molar-refractivity contribution in [3.8, 4) is 0 Å². The van der Waals surface area contributed by atoms with Crippen LogP contribution in [0.2, 0.25) is 0 Å². The largest absolute Gasteiger partial charge is 0.478 e. The van der Waals surface area contributed by atoms with Gasteiger partial charge in [0.1, 0.15) is 0 Å². The molecule has 0 saturated carbocycles. The van der Waals surface area contributed by atoms with Gasteiger partial charge in [0.2, 0.25) is 0 Å². The second-order valence-electron chi connectivity index (χ2n) is 2.68. The van der Waals surface area contributed by atoms with Crippen molar-refractivity contribution in [2.45, 2.75) is 6.04 Å². The van der Waals surface area contributed by atoms with E-state index < -0.39 is 12.0 Å². The summed E-state index contributed by atoms with van der Waals surface area (Å²) in [5.41, 5.74) is 6.12. The fraction of sp³-hybridized carbons (Fsp3) is 0.222. The first kappa shape index (κ1) is 12.9. The van der Waals surface area contributed by atoms with Crippen LogP contribution in [0.5, 0.6) is 0 Å². The van der Waals surface area contributed by atoms with Gasteiger partial charge in [0.05, 0.1) is 18.2 Å². The van der Waals surface area contributed by atoms with E-state index in [1.807, 2.05) is 0 Å². The minimum absolute atomic E-state index is 0. The molecule has 0 amide bonds. The van der Waals surface area contributed by atoms with E-state index >= 15 is 0 Å². The summed E-state index contributed by atoms with van der Waals surface area (Å²) in [7, 11) is 0. The maximum atomic E-state index is 10.7. The zero-order valence-electron chi connectivity index (χ0n) is 7.38. The van der Waals surface area contributed by atoms with Crippen molar-refractivity contribution in [3.05, 3.63) is 35.4 Å². The number of carbonyl (C=O) groups is 1. The van der Waals surface area contributed by atoms with Crippen LogP contribution in [0.3, 0.4) is 0 Å². The average Bonchev–Trinajstić information content (AvgIpc) is 2.16. The van der Waals surface area contributed by atoms with Gasteiger partial charge in [-0.1, -0.05) is 18.2 Å². The molecule has 5 heteroatoms. The first-order valence-corrected chi connectivity index (χ1v) is 3.85. The monoisotopic (exact) mass is 217 g/mol. The lowest BCUT2D eigenvalue weighted by Crippen LogP contribution is -2.18. The van der Waals surface area contributed by atoms with Crippen LogP contribution in [0.4, 0.5) is 0 Å². The van der Waals surface area contributed by atoms with Gasteiger partial charge in [0.25, 0.3) is 0 Å². The third-order valence-electron chi connectivity index (χ3n) is 1.79. The smallest absolute Gasteiger partial charge is 0.336 e. The van der Waals surface area contributed by atoms with Crippen molar-refractivity contribution < 1.29 is 15.0 Å². The van der Waals surface area contributed by atoms with Crippen molar-refractivity contribution in [2.24, 2.45) is 5.73 Å². The fourth-order valence-electron chi connectivity index (χ4n) is 1.11.